The van der Waals surface area contributed by atoms with Crippen LogP contribution in [0.3, 0.4) is 0 Å². The Labute approximate surface area is 116 Å². The molecule has 0 atom stereocenters. The fraction of sp³-hybridized carbons (Fsp3) is 0.125. The Balaban J connectivity index is 2.18. The van der Waals surface area contributed by atoms with Crippen LogP contribution < -0.4 is 0 Å². The van der Waals surface area contributed by atoms with E-state index in [1.165, 1.54) is 6.08 Å². The molecule has 0 saturated carbocycles. The van der Waals surface area contributed by atoms with Gasteiger partial charge in [0.05, 0.1) is 6.61 Å². The molecule has 20 heavy (non-hydrogen) atoms. The van der Waals surface area contributed by atoms with Crippen molar-refractivity contribution in [3.63, 3.8) is 0 Å². The summed E-state index contributed by atoms with van der Waals surface area (Å²) in [5.41, 5.74) is 0.588. The molecule has 0 heterocycles. The maximum atomic E-state index is 12.0. The van der Waals surface area contributed by atoms with E-state index in [9.17, 15) is 14.7 Å². The first-order valence-corrected chi connectivity index (χ1v) is 6.23. The smallest absolute Gasteiger partial charge is 0.197 e. The van der Waals surface area contributed by atoms with Crippen molar-refractivity contribution in [2.24, 2.45) is 0 Å². The molecule has 1 aliphatic rings. The Morgan fingerprint density at radius 1 is 1.30 bits per heavy atom. The van der Waals surface area contributed by atoms with E-state index in [-0.39, 0.29) is 17.1 Å². The van der Waals surface area contributed by atoms with Crippen molar-refractivity contribution in [3.8, 4) is 0 Å². The van der Waals surface area contributed by atoms with Crippen LogP contribution >= 0.6 is 0 Å². The summed E-state index contributed by atoms with van der Waals surface area (Å²) in [5.74, 6) is -1.41. The van der Waals surface area contributed by atoms with Crippen molar-refractivity contribution in [1.29, 1.82) is 0 Å². The maximum absolute atomic E-state index is 12.0. The molecule has 1 aromatic carbocycles. The minimum Gasteiger partial charge on any atom is -0.504 e. The van der Waals surface area contributed by atoms with Crippen LogP contribution in [0.25, 0.3) is 6.08 Å². The van der Waals surface area contributed by atoms with Crippen LogP contribution in [0, 0.1) is 0 Å². The second-order valence-electron chi connectivity index (χ2n) is 4.14. The van der Waals surface area contributed by atoms with E-state index in [0.29, 0.717) is 6.61 Å². The number of ketones is 2. The molecule has 4 nitrogen and oxygen atoms in total. The number of carbonyl (C=O) groups excluding carboxylic acids is 2. The predicted octanol–water partition coefficient (Wildman–Crippen LogP) is 2.58. The number of aliphatic hydroxyl groups is 1. The average molecular weight is 270 g/mol. The summed E-state index contributed by atoms with van der Waals surface area (Å²) in [4.78, 5) is 23.7. The third-order valence-corrected chi connectivity index (χ3v) is 2.75. The van der Waals surface area contributed by atoms with Gasteiger partial charge in [-0.2, -0.15) is 0 Å². The van der Waals surface area contributed by atoms with Crippen LogP contribution in [0.1, 0.15) is 12.5 Å². The molecule has 0 unspecified atom stereocenters. The molecule has 0 saturated heterocycles. The maximum Gasteiger partial charge on any atom is 0.197 e. The molecular formula is C16H14O4. The highest BCUT2D eigenvalue weighted by molar-refractivity contribution is 6.30. The van der Waals surface area contributed by atoms with Gasteiger partial charge in [-0.25, -0.2) is 0 Å². The van der Waals surface area contributed by atoms with E-state index in [1.807, 2.05) is 30.3 Å². The van der Waals surface area contributed by atoms with Crippen LogP contribution in [0.4, 0.5) is 0 Å². The first kappa shape index (κ1) is 13.8. The van der Waals surface area contributed by atoms with Gasteiger partial charge in [0.2, 0.25) is 0 Å². The summed E-state index contributed by atoms with van der Waals surface area (Å²) in [5, 5.41) is 9.83. The van der Waals surface area contributed by atoms with Crippen molar-refractivity contribution >= 4 is 17.6 Å². The molecule has 0 aliphatic heterocycles. The van der Waals surface area contributed by atoms with E-state index in [0.717, 1.165) is 11.6 Å². The third kappa shape index (κ3) is 2.85. The molecule has 0 spiro atoms. The lowest BCUT2D eigenvalue weighted by atomic mass is 10.1. The lowest BCUT2D eigenvalue weighted by Crippen LogP contribution is -2.07. The normalized spacial score (nSPS) is 14.8. The highest BCUT2D eigenvalue weighted by Crippen LogP contribution is 2.23. The summed E-state index contributed by atoms with van der Waals surface area (Å²) in [6.45, 7) is 2.04. The SMILES string of the molecule is CCOC1=CC(=O)C(C(=O)C=Cc2ccccc2)=C1O. The van der Waals surface area contributed by atoms with Crippen molar-refractivity contribution in [2.45, 2.75) is 6.92 Å². The Morgan fingerprint density at radius 3 is 2.65 bits per heavy atom. The summed E-state index contributed by atoms with van der Waals surface area (Å²) >= 11 is 0. The lowest BCUT2D eigenvalue weighted by Gasteiger charge is -2.03. The van der Waals surface area contributed by atoms with Gasteiger partial charge in [0.25, 0.3) is 0 Å². The van der Waals surface area contributed by atoms with Crippen molar-refractivity contribution in [3.05, 3.63) is 65.1 Å². The fourth-order valence-electron chi connectivity index (χ4n) is 1.82. The molecular weight excluding hydrogens is 256 g/mol. The summed E-state index contributed by atoms with van der Waals surface area (Å²) < 4.78 is 5.08. The van der Waals surface area contributed by atoms with Gasteiger partial charge in [0, 0.05) is 6.08 Å². The van der Waals surface area contributed by atoms with Crippen LogP contribution in [0.15, 0.2) is 59.6 Å². The van der Waals surface area contributed by atoms with Gasteiger partial charge in [0.1, 0.15) is 5.57 Å². The average Bonchev–Trinajstić information content (AvgIpc) is 2.73. The zero-order valence-corrected chi connectivity index (χ0v) is 11.0. The number of hydrogen-bond acceptors (Lipinski definition) is 4. The number of aliphatic hydroxyl groups excluding tert-OH is 1. The van der Waals surface area contributed by atoms with Gasteiger partial charge in [0.15, 0.2) is 23.1 Å². The minimum absolute atomic E-state index is 0.0500. The third-order valence-electron chi connectivity index (χ3n) is 2.75. The Kier molecular flexibility index (Phi) is 4.15. The first-order chi connectivity index (χ1) is 9.63. The molecule has 0 aromatic heterocycles. The van der Waals surface area contributed by atoms with E-state index in [4.69, 9.17) is 4.74 Å². The van der Waals surface area contributed by atoms with Gasteiger partial charge in [-0.1, -0.05) is 36.4 Å². The molecule has 0 amide bonds. The lowest BCUT2D eigenvalue weighted by molar-refractivity contribution is -0.116. The van der Waals surface area contributed by atoms with Gasteiger partial charge >= 0.3 is 0 Å². The number of allylic oxidation sites excluding steroid dienone is 3. The number of benzene rings is 1. The molecule has 102 valence electrons. The van der Waals surface area contributed by atoms with Gasteiger partial charge in [-0.3, -0.25) is 9.59 Å². The largest absolute Gasteiger partial charge is 0.504 e. The second kappa shape index (κ2) is 6.02. The van der Waals surface area contributed by atoms with Crippen LogP contribution in [-0.4, -0.2) is 23.3 Å². The first-order valence-electron chi connectivity index (χ1n) is 6.23. The topological polar surface area (TPSA) is 63.6 Å². The summed E-state index contributed by atoms with van der Waals surface area (Å²) in [6.07, 6.45) is 3.98. The highest BCUT2D eigenvalue weighted by Gasteiger charge is 2.29. The molecule has 1 aliphatic carbocycles. The Morgan fingerprint density at radius 2 is 2.00 bits per heavy atom. The van der Waals surface area contributed by atoms with Crippen LogP contribution in [-0.2, 0) is 14.3 Å². The molecule has 0 radical (unpaired) electrons. The number of carbonyl (C=O) groups is 2. The molecule has 4 heteroatoms. The molecule has 0 bridgehead atoms. The van der Waals surface area contributed by atoms with E-state index in [2.05, 4.69) is 0 Å². The second-order valence-corrected chi connectivity index (χ2v) is 4.14. The Bertz CT molecular complexity index is 621. The molecule has 1 aromatic rings. The van der Waals surface area contributed by atoms with Gasteiger partial charge < -0.3 is 9.84 Å². The molecule has 0 fully saturated rings. The zero-order valence-electron chi connectivity index (χ0n) is 11.0. The minimum atomic E-state index is -0.540. The predicted molar refractivity (Wildman–Crippen MR) is 74.9 cm³/mol. The highest BCUT2D eigenvalue weighted by atomic mass is 16.5. The standard InChI is InChI=1S/C16H14O4/c1-2-20-14-10-13(18)15(16(14)19)12(17)9-8-11-6-4-3-5-7-11/h3-10,19H,2H2,1H3. The van der Waals surface area contributed by atoms with Crippen LogP contribution in [0.5, 0.6) is 0 Å². The Hall–Kier alpha value is -2.62. The van der Waals surface area contributed by atoms with Gasteiger partial charge in [-0.05, 0) is 18.6 Å². The number of ether oxygens (including phenoxy) is 1. The quantitative estimate of drug-likeness (QED) is 0.659. The number of hydrogen-bond donors (Lipinski definition) is 1. The van der Waals surface area contributed by atoms with Crippen molar-refractivity contribution in [2.75, 3.05) is 6.61 Å². The zero-order chi connectivity index (χ0) is 14.5. The van der Waals surface area contributed by atoms with Crippen molar-refractivity contribution in [1.82, 2.24) is 0 Å². The molecule has 1 N–H and O–H groups in total. The van der Waals surface area contributed by atoms with Crippen molar-refractivity contribution < 1.29 is 19.4 Å². The van der Waals surface area contributed by atoms with E-state index in [1.54, 1.807) is 13.0 Å². The number of rotatable bonds is 5. The van der Waals surface area contributed by atoms with Crippen LogP contribution in [0.2, 0.25) is 0 Å². The molecule has 2 rings (SSSR count). The monoisotopic (exact) mass is 270 g/mol. The van der Waals surface area contributed by atoms with Gasteiger partial charge in [-0.15, -0.1) is 0 Å². The summed E-state index contributed by atoms with van der Waals surface area (Å²) in [6, 6.07) is 9.22. The summed E-state index contributed by atoms with van der Waals surface area (Å²) in [7, 11) is 0. The van der Waals surface area contributed by atoms with E-state index < -0.39 is 11.6 Å². The van der Waals surface area contributed by atoms with E-state index >= 15 is 0 Å². The fourth-order valence-corrected chi connectivity index (χ4v) is 1.82.